The Kier molecular flexibility index (Phi) is 5.82. The summed E-state index contributed by atoms with van der Waals surface area (Å²) >= 11 is 2.21. The quantitative estimate of drug-likeness (QED) is 0.755. The number of nitrogens with two attached hydrogens (primary N) is 1. The highest BCUT2D eigenvalue weighted by atomic mass is 127. The minimum atomic E-state index is -0.689. The molecular formula is C16H18INO2. The molecule has 0 amide bonds. The molecule has 0 heterocycles. The summed E-state index contributed by atoms with van der Waals surface area (Å²) in [7, 11) is 0. The highest BCUT2D eigenvalue weighted by molar-refractivity contribution is 14.1. The van der Waals surface area contributed by atoms with Crippen LogP contribution in [0.25, 0.3) is 0 Å². The fourth-order valence-electron chi connectivity index (χ4n) is 1.88. The van der Waals surface area contributed by atoms with E-state index in [9.17, 15) is 5.11 Å². The zero-order valence-electron chi connectivity index (χ0n) is 11.1. The van der Waals surface area contributed by atoms with E-state index < -0.39 is 6.10 Å². The molecule has 0 bridgehead atoms. The predicted molar refractivity (Wildman–Crippen MR) is 88.8 cm³/mol. The monoisotopic (exact) mass is 383 g/mol. The van der Waals surface area contributed by atoms with E-state index in [1.54, 1.807) is 0 Å². The number of rotatable bonds is 6. The molecule has 2 unspecified atom stereocenters. The minimum absolute atomic E-state index is 0.202. The van der Waals surface area contributed by atoms with Crippen LogP contribution in [0.5, 0.6) is 5.75 Å². The molecule has 0 aliphatic rings. The third-order valence-corrected chi connectivity index (χ3v) is 3.95. The van der Waals surface area contributed by atoms with Gasteiger partial charge in [-0.1, -0.05) is 42.5 Å². The summed E-state index contributed by atoms with van der Waals surface area (Å²) in [6.45, 7) is 0.202. The van der Waals surface area contributed by atoms with Gasteiger partial charge in [0.25, 0.3) is 0 Å². The molecule has 0 radical (unpaired) electrons. The lowest BCUT2D eigenvalue weighted by Gasteiger charge is -2.19. The normalized spacial score (nSPS) is 13.8. The van der Waals surface area contributed by atoms with Gasteiger partial charge in [0.1, 0.15) is 18.5 Å². The largest absolute Gasteiger partial charge is 0.490 e. The maximum atomic E-state index is 10.1. The second-order valence-corrected chi connectivity index (χ2v) is 5.82. The molecule has 0 saturated heterocycles. The SMILES string of the molecule is NC(Cc1ccccc1)C(O)COc1ccccc1I. The van der Waals surface area contributed by atoms with E-state index in [-0.39, 0.29) is 12.6 Å². The third kappa shape index (κ3) is 4.47. The lowest BCUT2D eigenvalue weighted by atomic mass is 10.0. The average molecular weight is 383 g/mol. The number of aliphatic hydroxyl groups is 1. The average Bonchev–Trinajstić information content (AvgIpc) is 2.47. The molecule has 20 heavy (non-hydrogen) atoms. The van der Waals surface area contributed by atoms with Crippen LogP contribution in [0.3, 0.4) is 0 Å². The van der Waals surface area contributed by atoms with Gasteiger partial charge in [-0.05, 0) is 46.7 Å². The van der Waals surface area contributed by atoms with Crippen LogP contribution < -0.4 is 10.5 Å². The maximum absolute atomic E-state index is 10.1. The molecule has 106 valence electrons. The second kappa shape index (κ2) is 7.61. The number of ether oxygens (including phenoxy) is 1. The van der Waals surface area contributed by atoms with Gasteiger partial charge in [-0.3, -0.25) is 0 Å². The van der Waals surface area contributed by atoms with Gasteiger partial charge in [0.15, 0.2) is 0 Å². The number of benzene rings is 2. The van der Waals surface area contributed by atoms with Crippen molar-refractivity contribution in [3.8, 4) is 5.75 Å². The number of hydrogen-bond donors (Lipinski definition) is 2. The summed E-state index contributed by atoms with van der Waals surface area (Å²) in [5.41, 5.74) is 7.14. The molecule has 2 aromatic carbocycles. The Morgan fingerprint density at radius 1 is 1.05 bits per heavy atom. The lowest BCUT2D eigenvalue weighted by molar-refractivity contribution is 0.0847. The van der Waals surface area contributed by atoms with E-state index in [1.807, 2.05) is 54.6 Å². The van der Waals surface area contributed by atoms with Crippen molar-refractivity contribution >= 4 is 22.6 Å². The number of halogens is 1. The topological polar surface area (TPSA) is 55.5 Å². The lowest BCUT2D eigenvalue weighted by Crippen LogP contribution is -2.40. The molecule has 3 nitrogen and oxygen atoms in total. The van der Waals surface area contributed by atoms with Crippen LogP contribution in [0, 0.1) is 3.57 Å². The molecule has 3 N–H and O–H groups in total. The van der Waals surface area contributed by atoms with Gasteiger partial charge < -0.3 is 15.6 Å². The van der Waals surface area contributed by atoms with Crippen LogP contribution in [0.1, 0.15) is 5.56 Å². The Balaban J connectivity index is 1.85. The fraction of sp³-hybridized carbons (Fsp3) is 0.250. The van der Waals surface area contributed by atoms with Crippen LogP contribution in [0.15, 0.2) is 54.6 Å². The number of hydrogen-bond acceptors (Lipinski definition) is 3. The summed E-state index contributed by atoms with van der Waals surface area (Å²) < 4.78 is 6.64. The number of aliphatic hydroxyl groups excluding tert-OH is 1. The van der Waals surface area contributed by atoms with Crippen LogP contribution in [-0.4, -0.2) is 23.9 Å². The van der Waals surface area contributed by atoms with E-state index in [1.165, 1.54) is 0 Å². The predicted octanol–water partition coefficient (Wildman–Crippen LogP) is 2.60. The molecular weight excluding hydrogens is 365 g/mol. The Morgan fingerprint density at radius 3 is 2.40 bits per heavy atom. The smallest absolute Gasteiger partial charge is 0.132 e. The molecule has 0 spiro atoms. The molecule has 2 aromatic rings. The summed E-state index contributed by atoms with van der Waals surface area (Å²) in [4.78, 5) is 0. The molecule has 0 aromatic heterocycles. The van der Waals surface area contributed by atoms with Gasteiger partial charge in [-0.25, -0.2) is 0 Å². The first-order chi connectivity index (χ1) is 9.66. The van der Waals surface area contributed by atoms with Crippen molar-refractivity contribution in [1.82, 2.24) is 0 Å². The summed E-state index contributed by atoms with van der Waals surface area (Å²) in [5, 5.41) is 10.1. The first-order valence-corrected chi connectivity index (χ1v) is 7.59. The second-order valence-electron chi connectivity index (χ2n) is 4.66. The van der Waals surface area contributed by atoms with Gasteiger partial charge in [0.2, 0.25) is 0 Å². The minimum Gasteiger partial charge on any atom is -0.490 e. The van der Waals surface area contributed by atoms with E-state index in [0.717, 1.165) is 14.9 Å². The van der Waals surface area contributed by atoms with Crippen molar-refractivity contribution < 1.29 is 9.84 Å². The van der Waals surface area contributed by atoms with Crippen LogP contribution >= 0.6 is 22.6 Å². The van der Waals surface area contributed by atoms with Gasteiger partial charge in [-0.2, -0.15) is 0 Å². The highest BCUT2D eigenvalue weighted by Gasteiger charge is 2.16. The van der Waals surface area contributed by atoms with Gasteiger partial charge in [0.05, 0.1) is 3.57 Å². The Morgan fingerprint density at radius 2 is 1.70 bits per heavy atom. The summed E-state index contributed by atoms with van der Waals surface area (Å²) in [5.74, 6) is 0.777. The van der Waals surface area contributed by atoms with Gasteiger partial charge in [-0.15, -0.1) is 0 Å². The third-order valence-electron chi connectivity index (χ3n) is 3.05. The molecule has 0 aliphatic heterocycles. The van der Waals surface area contributed by atoms with Crippen LogP contribution in [0.2, 0.25) is 0 Å². The molecule has 2 atom stereocenters. The first-order valence-electron chi connectivity index (χ1n) is 6.51. The zero-order valence-corrected chi connectivity index (χ0v) is 13.2. The first kappa shape index (κ1) is 15.3. The summed E-state index contributed by atoms with van der Waals surface area (Å²) in [6, 6.07) is 17.3. The molecule has 4 heteroatoms. The molecule has 0 fully saturated rings. The van der Waals surface area contributed by atoms with Crippen molar-refractivity contribution in [2.24, 2.45) is 5.73 Å². The fourth-order valence-corrected chi connectivity index (χ4v) is 2.43. The van der Waals surface area contributed by atoms with Gasteiger partial charge in [0, 0.05) is 6.04 Å². The van der Waals surface area contributed by atoms with Crippen LogP contribution in [0.4, 0.5) is 0 Å². The Hall–Kier alpha value is -1.11. The Labute approximate surface area is 132 Å². The van der Waals surface area contributed by atoms with Crippen molar-refractivity contribution in [2.45, 2.75) is 18.6 Å². The summed E-state index contributed by atoms with van der Waals surface area (Å²) in [6.07, 6.45) is -0.0525. The molecule has 0 aliphatic carbocycles. The molecule has 2 rings (SSSR count). The van der Waals surface area contributed by atoms with Crippen molar-refractivity contribution in [1.29, 1.82) is 0 Å². The van der Waals surface area contributed by atoms with Crippen molar-refractivity contribution in [2.75, 3.05) is 6.61 Å². The van der Waals surface area contributed by atoms with E-state index >= 15 is 0 Å². The van der Waals surface area contributed by atoms with Gasteiger partial charge >= 0.3 is 0 Å². The van der Waals surface area contributed by atoms with E-state index in [0.29, 0.717) is 6.42 Å². The van der Waals surface area contributed by atoms with Crippen LogP contribution in [-0.2, 0) is 6.42 Å². The highest BCUT2D eigenvalue weighted by Crippen LogP contribution is 2.20. The van der Waals surface area contributed by atoms with Crippen molar-refractivity contribution in [3.05, 3.63) is 63.7 Å². The number of para-hydroxylation sites is 1. The standard InChI is InChI=1S/C16H18INO2/c17-13-8-4-5-9-16(13)20-11-15(19)14(18)10-12-6-2-1-3-7-12/h1-9,14-15,19H,10-11,18H2. The van der Waals surface area contributed by atoms with E-state index in [2.05, 4.69) is 22.6 Å². The van der Waals surface area contributed by atoms with Crippen molar-refractivity contribution in [3.63, 3.8) is 0 Å². The van der Waals surface area contributed by atoms with E-state index in [4.69, 9.17) is 10.5 Å². The zero-order chi connectivity index (χ0) is 14.4. The Bertz CT molecular complexity index is 533. The molecule has 0 saturated carbocycles. The maximum Gasteiger partial charge on any atom is 0.132 e.